The van der Waals surface area contributed by atoms with Crippen LogP contribution >= 0.6 is 0 Å². The summed E-state index contributed by atoms with van der Waals surface area (Å²) in [6, 6.07) is 9.50. The molecular weight excluding hydrogens is 428 g/mol. The normalized spacial score (nSPS) is 15.8. The highest BCUT2D eigenvalue weighted by atomic mass is 19.1. The number of nitrogens with zero attached hydrogens (tertiary/aromatic N) is 1. The van der Waals surface area contributed by atoms with Crippen molar-refractivity contribution < 1.29 is 23.1 Å². The predicted molar refractivity (Wildman–Crippen MR) is 122 cm³/mol. The van der Waals surface area contributed by atoms with Gasteiger partial charge in [0.1, 0.15) is 11.9 Å². The van der Waals surface area contributed by atoms with Gasteiger partial charge in [0.25, 0.3) is 5.91 Å². The van der Waals surface area contributed by atoms with E-state index in [0.717, 1.165) is 31.5 Å². The van der Waals surface area contributed by atoms with E-state index in [4.69, 9.17) is 4.74 Å². The molecule has 1 heterocycles. The van der Waals surface area contributed by atoms with E-state index in [1.807, 2.05) is 19.9 Å². The zero-order chi connectivity index (χ0) is 24.0. The summed E-state index contributed by atoms with van der Waals surface area (Å²) in [7, 11) is 1.44. The smallest absolute Gasteiger partial charge is 0.251 e. The molecule has 3 rings (SSSR count). The lowest BCUT2D eigenvalue weighted by Gasteiger charge is -2.33. The van der Waals surface area contributed by atoms with Gasteiger partial charge in [-0.2, -0.15) is 0 Å². The quantitative estimate of drug-likeness (QED) is 0.634. The maximum Gasteiger partial charge on any atom is 0.251 e. The van der Waals surface area contributed by atoms with Crippen molar-refractivity contribution in [3.05, 3.63) is 65.2 Å². The van der Waals surface area contributed by atoms with Crippen molar-refractivity contribution in [1.29, 1.82) is 0 Å². The number of methoxy groups -OCH3 is 1. The summed E-state index contributed by atoms with van der Waals surface area (Å²) in [5, 5.41) is 5.83. The Morgan fingerprint density at radius 2 is 1.76 bits per heavy atom. The van der Waals surface area contributed by atoms with Crippen molar-refractivity contribution in [2.75, 3.05) is 20.2 Å². The van der Waals surface area contributed by atoms with Crippen LogP contribution in [-0.4, -0.2) is 49.0 Å². The van der Waals surface area contributed by atoms with E-state index in [1.54, 1.807) is 6.07 Å². The second-order valence-electron chi connectivity index (χ2n) is 8.73. The molecule has 2 aromatic carbocycles. The number of nitrogens with one attached hydrogen (secondary N) is 2. The molecule has 0 saturated carbocycles. The van der Waals surface area contributed by atoms with Crippen molar-refractivity contribution in [3.63, 3.8) is 0 Å². The maximum atomic E-state index is 13.9. The maximum absolute atomic E-state index is 13.9. The van der Waals surface area contributed by atoms with E-state index < -0.39 is 17.8 Å². The molecule has 1 aliphatic rings. The highest BCUT2D eigenvalue weighted by Crippen LogP contribution is 2.20. The first-order valence-corrected chi connectivity index (χ1v) is 11.2. The molecule has 0 aliphatic carbocycles. The van der Waals surface area contributed by atoms with Crippen LogP contribution in [0.25, 0.3) is 0 Å². The summed E-state index contributed by atoms with van der Waals surface area (Å²) in [6.07, 6.45) is 1.53. The summed E-state index contributed by atoms with van der Waals surface area (Å²) >= 11 is 0. The molecule has 0 radical (unpaired) electrons. The molecular formula is C25H31F2N3O3. The highest BCUT2D eigenvalue weighted by molar-refractivity contribution is 5.97. The molecule has 1 unspecified atom stereocenters. The Bertz CT molecular complexity index is 958. The largest absolute Gasteiger partial charge is 0.494 e. The Morgan fingerprint density at radius 1 is 1.09 bits per heavy atom. The molecule has 6 nitrogen and oxygen atoms in total. The fraction of sp³-hybridized carbons (Fsp3) is 0.440. The number of carbonyl (C=O) groups excluding carboxylic acids is 2. The van der Waals surface area contributed by atoms with Gasteiger partial charge in [0.2, 0.25) is 5.91 Å². The van der Waals surface area contributed by atoms with Crippen molar-refractivity contribution in [3.8, 4) is 5.75 Å². The number of piperidine rings is 1. The average Bonchev–Trinajstić information content (AvgIpc) is 2.79. The lowest BCUT2D eigenvalue weighted by Crippen LogP contribution is -2.53. The zero-order valence-corrected chi connectivity index (χ0v) is 19.2. The summed E-state index contributed by atoms with van der Waals surface area (Å²) in [4.78, 5) is 27.6. The molecule has 2 N–H and O–H groups in total. The summed E-state index contributed by atoms with van der Waals surface area (Å²) in [6.45, 7) is 5.90. The Labute approximate surface area is 193 Å². The van der Waals surface area contributed by atoms with Crippen LogP contribution in [0.15, 0.2) is 42.5 Å². The summed E-state index contributed by atoms with van der Waals surface area (Å²) in [5.74, 6) is -1.32. The van der Waals surface area contributed by atoms with Crippen molar-refractivity contribution in [2.24, 2.45) is 5.92 Å². The van der Waals surface area contributed by atoms with E-state index in [-0.39, 0.29) is 29.4 Å². The molecule has 2 aromatic rings. The molecule has 178 valence electrons. The van der Waals surface area contributed by atoms with E-state index in [0.29, 0.717) is 12.1 Å². The number of hydrogen-bond donors (Lipinski definition) is 2. The lowest BCUT2D eigenvalue weighted by atomic mass is 10.00. The number of hydrogen-bond acceptors (Lipinski definition) is 4. The molecule has 0 spiro atoms. The number of benzene rings is 2. The monoisotopic (exact) mass is 459 g/mol. The van der Waals surface area contributed by atoms with Gasteiger partial charge in [0.15, 0.2) is 11.6 Å². The molecule has 1 fully saturated rings. The molecule has 33 heavy (non-hydrogen) atoms. The predicted octanol–water partition coefficient (Wildman–Crippen LogP) is 3.51. The first-order valence-electron chi connectivity index (χ1n) is 11.2. The van der Waals surface area contributed by atoms with Gasteiger partial charge in [-0.1, -0.05) is 19.9 Å². The fourth-order valence-corrected chi connectivity index (χ4v) is 3.95. The van der Waals surface area contributed by atoms with Gasteiger partial charge in [-0.25, -0.2) is 8.78 Å². The SMILES string of the molecule is COc1ccc(CN2CCC(NC(=O)C(NC(=O)c3ccc(F)cc3)C(C)C)CC2)cc1F. The Kier molecular flexibility index (Phi) is 8.38. The van der Waals surface area contributed by atoms with E-state index >= 15 is 0 Å². The fourth-order valence-electron chi connectivity index (χ4n) is 3.95. The number of rotatable bonds is 8. The van der Waals surface area contributed by atoms with E-state index in [1.165, 1.54) is 37.4 Å². The molecule has 1 atom stereocenters. The summed E-state index contributed by atoms with van der Waals surface area (Å²) < 4.78 is 32.0. The Hall–Kier alpha value is -3.00. The number of ether oxygens (including phenoxy) is 1. The van der Waals surface area contributed by atoms with Crippen LogP contribution in [0.1, 0.15) is 42.6 Å². The summed E-state index contributed by atoms with van der Waals surface area (Å²) in [5.41, 5.74) is 1.18. The minimum Gasteiger partial charge on any atom is -0.494 e. The van der Waals surface area contributed by atoms with E-state index in [2.05, 4.69) is 15.5 Å². The second kappa shape index (κ2) is 11.2. The standard InChI is InChI=1S/C25H31F2N3O3/c1-16(2)23(29-24(31)18-5-7-19(26)8-6-18)25(32)28-20-10-12-30(13-11-20)15-17-4-9-22(33-3)21(27)14-17/h4-9,14,16,20,23H,10-13,15H2,1-3H3,(H,28,32)(H,29,31). The number of halogens is 2. The topological polar surface area (TPSA) is 70.7 Å². The first kappa shape index (κ1) is 24.6. The molecule has 0 bridgehead atoms. The van der Waals surface area contributed by atoms with Crippen molar-refractivity contribution in [2.45, 2.75) is 45.3 Å². The van der Waals surface area contributed by atoms with Gasteiger partial charge in [-0.3, -0.25) is 14.5 Å². The minimum absolute atomic E-state index is 0.00493. The first-order chi connectivity index (χ1) is 15.8. The van der Waals surface area contributed by atoms with Gasteiger partial charge < -0.3 is 15.4 Å². The second-order valence-corrected chi connectivity index (χ2v) is 8.73. The van der Waals surface area contributed by atoms with Crippen molar-refractivity contribution in [1.82, 2.24) is 15.5 Å². The molecule has 8 heteroatoms. The lowest BCUT2D eigenvalue weighted by molar-refractivity contribution is -0.125. The van der Waals surface area contributed by atoms with Gasteiger partial charge in [0, 0.05) is 31.2 Å². The zero-order valence-electron chi connectivity index (χ0n) is 19.2. The van der Waals surface area contributed by atoms with Gasteiger partial charge in [0.05, 0.1) is 7.11 Å². The molecule has 1 saturated heterocycles. The van der Waals surface area contributed by atoms with Crippen LogP contribution in [0.5, 0.6) is 5.75 Å². The number of amides is 2. The minimum atomic E-state index is -0.692. The van der Waals surface area contributed by atoms with Crippen LogP contribution < -0.4 is 15.4 Å². The van der Waals surface area contributed by atoms with Crippen LogP contribution in [0.4, 0.5) is 8.78 Å². The molecule has 0 aromatic heterocycles. The Balaban J connectivity index is 1.50. The van der Waals surface area contributed by atoms with Crippen LogP contribution in [0, 0.1) is 17.6 Å². The third-order valence-corrected chi connectivity index (χ3v) is 5.90. The Morgan fingerprint density at radius 3 is 2.33 bits per heavy atom. The highest BCUT2D eigenvalue weighted by Gasteiger charge is 2.28. The van der Waals surface area contributed by atoms with E-state index in [9.17, 15) is 18.4 Å². The molecule has 2 amide bonds. The number of carbonyl (C=O) groups is 2. The van der Waals surface area contributed by atoms with Gasteiger partial charge in [-0.15, -0.1) is 0 Å². The van der Waals surface area contributed by atoms with Crippen molar-refractivity contribution >= 4 is 11.8 Å². The van der Waals surface area contributed by atoms with Crippen LogP contribution in [0.3, 0.4) is 0 Å². The average molecular weight is 460 g/mol. The van der Waals surface area contributed by atoms with Crippen LogP contribution in [0.2, 0.25) is 0 Å². The van der Waals surface area contributed by atoms with Gasteiger partial charge in [-0.05, 0) is 60.7 Å². The van der Waals surface area contributed by atoms with Gasteiger partial charge >= 0.3 is 0 Å². The third kappa shape index (κ3) is 6.74. The third-order valence-electron chi connectivity index (χ3n) is 5.90. The number of likely N-dealkylation sites (tertiary alicyclic amines) is 1. The van der Waals surface area contributed by atoms with Crippen LogP contribution in [-0.2, 0) is 11.3 Å². The molecule has 1 aliphatic heterocycles.